The normalized spacial score (nSPS) is 17.9. The van der Waals surface area contributed by atoms with E-state index in [1.54, 1.807) is 0 Å². The Bertz CT molecular complexity index is 926. The maximum Gasteiger partial charge on any atom is 2.00 e. The van der Waals surface area contributed by atoms with E-state index in [1.807, 2.05) is 0 Å². The van der Waals surface area contributed by atoms with Crippen LogP contribution in [0, 0.1) is 24.0 Å². The number of rotatable bonds is 3. The van der Waals surface area contributed by atoms with Crippen molar-refractivity contribution in [3.8, 4) is 0 Å². The van der Waals surface area contributed by atoms with Gasteiger partial charge in [0, 0.05) is 9.52 Å². The van der Waals surface area contributed by atoms with Gasteiger partial charge < -0.3 is 0 Å². The molecule has 0 fully saturated rings. The van der Waals surface area contributed by atoms with E-state index < -0.39 is 0 Å². The van der Waals surface area contributed by atoms with E-state index in [2.05, 4.69) is 141 Å². The number of hydrogen-bond acceptors (Lipinski definition) is 0. The van der Waals surface area contributed by atoms with Gasteiger partial charge in [-0.25, -0.2) is 11.1 Å². The third-order valence-electron chi connectivity index (χ3n) is 6.86. The molecule has 0 aromatic heterocycles. The van der Waals surface area contributed by atoms with Crippen LogP contribution in [0.3, 0.4) is 0 Å². The summed E-state index contributed by atoms with van der Waals surface area (Å²) in [5.74, 6) is 1.12. The quantitative estimate of drug-likeness (QED) is 0.273. The second-order valence-electron chi connectivity index (χ2n) is 9.65. The summed E-state index contributed by atoms with van der Waals surface area (Å²) in [6, 6.07) is 21.2. The zero-order valence-corrected chi connectivity index (χ0v) is 27.1. The Kier molecular flexibility index (Phi) is 17.7. The van der Waals surface area contributed by atoms with Crippen molar-refractivity contribution in [2.24, 2.45) is 11.8 Å². The van der Waals surface area contributed by atoms with Gasteiger partial charge in [0.2, 0.25) is 0 Å². The molecule has 0 aliphatic heterocycles. The smallest absolute Gasteiger partial charge is 0.266 e. The molecular weight excluding hydrogens is 484 g/mol. The summed E-state index contributed by atoms with van der Waals surface area (Å²) in [7, 11) is 0.750. The maximum absolute atomic E-state index is 3.36. The van der Waals surface area contributed by atoms with Crippen molar-refractivity contribution in [3.05, 3.63) is 117 Å². The summed E-state index contributed by atoms with van der Waals surface area (Å²) in [6.07, 6.45) is 8.98. The summed E-state index contributed by atoms with van der Waals surface area (Å²) in [6.45, 7) is 21.8. The molecule has 0 amide bonds. The first-order valence-electron chi connectivity index (χ1n) is 13.0. The largest absolute Gasteiger partial charge is 2.00 e. The van der Waals surface area contributed by atoms with Gasteiger partial charge >= 0.3 is 21.7 Å². The van der Waals surface area contributed by atoms with Crippen molar-refractivity contribution in [1.82, 2.24) is 0 Å². The molecule has 2 aliphatic carbocycles. The third-order valence-corrected chi connectivity index (χ3v) is 6.86. The first-order valence-corrected chi connectivity index (χ1v) is 15.3. The molecule has 2 aromatic carbocycles. The van der Waals surface area contributed by atoms with E-state index in [0.29, 0.717) is 11.8 Å². The fourth-order valence-corrected chi connectivity index (χ4v) is 3.90. The SMILES string of the molecule is CC1=[C-]C(C)C(C)=C1C.CC1=[C-]C(C)C(C)=C1C.C[SiH]C.[Ti+2].c1ccc(CCc2ccccc2)cc1. The minimum atomic E-state index is 0. The molecule has 0 N–H and O–H groups in total. The van der Waals surface area contributed by atoms with Crippen LogP contribution in [0.25, 0.3) is 0 Å². The predicted molar refractivity (Wildman–Crippen MR) is 159 cm³/mol. The summed E-state index contributed by atoms with van der Waals surface area (Å²) < 4.78 is 0. The van der Waals surface area contributed by atoms with Crippen LogP contribution < -0.4 is 0 Å². The van der Waals surface area contributed by atoms with Crippen LogP contribution in [0.15, 0.2) is 94.1 Å². The van der Waals surface area contributed by atoms with Crippen molar-refractivity contribution < 1.29 is 21.7 Å². The summed E-state index contributed by atoms with van der Waals surface area (Å²) in [5, 5.41) is 0. The second kappa shape index (κ2) is 18.6. The van der Waals surface area contributed by atoms with Crippen molar-refractivity contribution in [3.63, 3.8) is 0 Å². The summed E-state index contributed by atoms with van der Waals surface area (Å²) >= 11 is 0. The molecule has 36 heavy (non-hydrogen) atoms. The van der Waals surface area contributed by atoms with Gasteiger partial charge in [-0.15, -0.1) is 13.8 Å². The second-order valence-corrected chi connectivity index (χ2v) is 10.8. The molecule has 191 valence electrons. The van der Waals surface area contributed by atoms with Gasteiger partial charge in [-0.1, -0.05) is 127 Å². The van der Waals surface area contributed by atoms with Gasteiger partial charge in [0.05, 0.1) is 0 Å². The van der Waals surface area contributed by atoms with Gasteiger partial charge in [0.1, 0.15) is 0 Å². The number of hydrogen-bond donors (Lipinski definition) is 0. The molecule has 1 radical (unpaired) electrons. The topological polar surface area (TPSA) is 0 Å². The standard InChI is InChI=1S/C14H14.2C9H13.C2H7Si.Ti/c1-3-7-13(8-4-1)11-12-14-9-5-2-6-10-14;2*1-6-5-7(2)9(4)8(6)3;1-3-2;/h1-10H,11-12H2;2*6H,1-4H3;3H,1-2H3;/q;2*-1;;+2. The van der Waals surface area contributed by atoms with E-state index in [1.165, 1.54) is 44.6 Å². The van der Waals surface area contributed by atoms with Gasteiger partial charge in [-0.05, 0) is 24.0 Å². The Morgan fingerprint density at radius 1 is 0.583 bits per heavy atom. The molecule has 0 saturated heterocycles. The Balaban J connectivity index is 0.000000493. The molecule has 2 atom stereocenters. The van der Waals surface area contributed by atoms with Crippen LogP contribution in [-0.4, -0.2) is 9.52 Å². The Labute approximate surface area is 240 Å². The minimum absolute atomic E-state index is 0. The van der Waals surface area contributed by atoms with Crippen LogP contribution >= 0.6 is 0 Å². The Morgan fingerprint density at radius 3 is 1.03 bits per heavy atom. The average molecular weight is 532 g/mol. The molecule has 2 aliphatic rings. The zero-order chi connectivity index (χ0) is 26.4. The van der Waals surface area contributed by atoms with E-state index in [9.17, 15) is 0 Å². The average Bonchev–Trinajstić information content (AvgIpc) is 3.22. The monoisotopic (exact) mass is 531 g/mol. The van der Waals surface area contributed by atoms with Gasteiger partial charge in [-0.2, -0.15) is 22.3 Å². The van der Waals surface area contributed by atoms with Crippen LogP contribution in [0.2, 0.25) is 13.1 Å². The minimum Gasteiger partial charge on any atom is -0.266 e. The zero-order valence-electron chi connectivity index (χ0n) is 24.4. The predicted octanol–water partition coefficient (Wildman–Crippen LogP) is 9.43. The molecule has 0 saturated carbocycles. The Hall–Kier alpha value is -1.67. The van der Waals surface area contributed by atoms with Crippen LogP contribution in [0.4, 0.5) is 0 Å². The molecule has 2 heteroatoms. The van der Waals surface area contributed by atoms with Crippen LogP contribution in [-0.2, 0) is 34.6 Å². The maximum atomic E-state index is 3.36. The first-order chi connectivity index (χ1) is 16.6. The molecular formula is C34H47SiTi. The molecule has 0 bridgehead atoms. The molecule has 4 rings (SSSR count). The number of aryl methyl sites for hydroxylation is 2. The van der Waals surface area contributed by atoms with Crippen LogP contribution in [0.5, 0.6) is 0 Å². The van der Waals surface area contributed by atoms with Crippen molar-refractivity contribution in [2.75, 3.05) is 0 Å². The van der Waals surface area contributed by atoms with Crippen LogP contribution in [0.1, 0.15) is 66.5 Å². The fourth-order valence-electron chi connectivity index (χ4n) is 3.90. The van der Waals surface area contributed by atoms with E-state index >= 15 is 0 Å². The number of benzene rings is 2. The third kappa shape index (κ3) is 12.0. The molecule has 0 spiro atoms. The van der Waals surface area contributed by atoms with Gasteiger partial charge in [0.15, 0.2) is 0 Å². The van der Waals surface area contributed by atoms with Gasteiger partial charge in [0.25, 0.3) is 0 Å². The molecule has 2 aromatic rings. The van der Waals surface area contributed by atoms with E-state index in [0.717, 1.165) is 22.4 Å². The summed E-state index contributed by atoms with van der Waals surface area (Å²) in [5.41, 5.74) is 11.3. The number of allylic oxidation sites excluding steroid dienone is 8. The van der Waals surface area contributed by atoms with E-state index in [4.69, 9.17) is 0 Å². The summed E-state index contributed by atoms with van der Waals surface area (Å²) in [4.78, 5) is 0. The Morgan fingerprint density at radius 2 is 0.861 bits per heavy atom. The molecule has 0 nitrogen and oxygen atoms in total. The molecule has 2 unspecified atom stereocenters. The fraction of sp³-hybridized carbons (Fsp3) is 0.412. The van der Waals surface area contributed by atoms with E-state index in [-0.39, 0.29) is 21.7 Å². The van der Waals surface area contributed by atoms with Gasteiger partial charge in [-0.3, -0.25) is 12.2 Å². The first kappa shape index (κ1) is 34.3. The van der Waals surface area contributed by atoms with Crippen molar-refractivity contribution in [2.45, 2.75) is 81.3 Å². The van der Waals surface area contributed by atoms with Crippen molar-refractivity contribution in [1.29, 1.82) is 0 Å². The van der Waals surface area contributed by atoms with Crippen molar-refractivity contribution >= 4 is 9.52 Å². The molecule has 0 heterocycles.